The highest BCUT2D eigenvalue weighted by Crippen LogP contribution is 2.41. The van der Waals surface area contributed by atoms with Gasteiger partial charge in [0.25, 0.3) is 0 Å². The number of hydrogen-bond acceptors (Lipinski definition) is 5. The predicted molar refractivity (Wildman–Crippen MR) is 158 cm³/mol. The summed E-state index contributed by atoms with van der Waals surface area (Å²) in [5, 5.41) is 5.56. The molecule has 4 heterocycles. The number of aromatic nitrogens is 6. The Hall–Kier alpha value is -4.10. The molecule has 0 saturated carbocycles. The maximum absolute atomic E-state index is 5.20. The zero-order chi connectivity index (χ0) is 27.0. The number of benzene rings is 2. The Bertz CT molecular complexity index is 1720. The molecule has 1 atom stereocenters. The predicted octanol–water partition coefficient (Wildman–Crippen LogP) is 6.82. The molecule has 4 aromatic heterocycles. The molecule has 6 aromatic rings. The molecule has 0 amide bonds. The van der Waals surface area contributed by atoms with Crippen LogP contribution in [0.15, 0.2) is 85.2 Å². The molecule has 6 rings (SSSR count). The van der Waals surface area contributed by atoms with Gasteiger partial charge in [0, 0.05) is 47.8 Å². The second-order valence-electron chi connectivity index (χ2n) is 10.3. The van der Waals surface area contributed by atoms with Gasteiger partial charge >= 0.3 is 0 Å². The minimum atomic E-state index is -0.377. The summed E-state index contributed by atoms with van der Waals surface area (Å²) in [6, 6.07) is 17.4. The third kappa shape index (κ3) is 4.46. The Morgan fingerprint density at radius 3 is 2.54 bits per heavy atom. The van der Waals surface area contributed by atoms with Crippen LogP contribution in [0.1, 0.15) is 58.8 Å². The molecule has 0 aliphatic rings. The summed E-state index contributed by atoms with van der Waals surface area (Å²) >= 11 is 1.68. The molecule has 7 heteroatoms. The summed E-state index contributed by atoms with van der Waals surface area (Å²) < 4.78 is 4.00. The first-order valence-electron chi connectivity index (χ1n) is 13.4. The highest BCUT2D eigenvalue weighted by atomic mass is 32.1. The Balaban J connectivity index is 1.46. The van der Waals surface area contributed by atoms with Crippen LogP contribution >= 0.6 is 11.3 Å². The highest BCUT2D eigenvalue weighted by Gasteiger charge is 2.35. The van der Waals surface area contributed by atoms with E-state index in [4.69, 9.17) is 4.98 Å². The summed E-state index contributed by atoms with van der Waals surface area (Å²) in [5.41, 5.74) is 11.1. The Kier molecular flexibility index (Phi) is 6.61. The van der Waals surface area contributed by atoms with Crippen molar-refractivity contribution in [3.05, 3.63) is 124 Å². The molecule has 0 radical (unpaired) electrons. The van der Waals surface area contributed by atoms with Gasteiger partial charge in [0.05, 0.1) is 34.2 Å². The van der Waals surface area contributed by atoms with Crippen molar-refractivity contribution in [2.75, 3.05) is 0 Å². The van der Waals surface area contributed by atoms with Gasteiger partial charge < -0.3 is 4.57 Å². The van der Waals surface area contributed by atoms with Crippen molar-refractivity contribution in [1.82, 2.24) is 29.3 Å². The zero-order valence-corrected chi connectivity index (χ0v) is 23.6. The van der Waals surface area contributed by atoms with Crippen molar-refractivity contribution in [3.8, 4) is 5.69 Å². The minimum Gasteiger partial charge on any atom is -0.337 e. The Morgan fingerprint density at radius 2 is 1.87 bits per heavy atom. The van der Waals surface area contributed by atoms with E-state index in [0.29, 0.717) is 0 Å². The van der Waals surface area contributed by atoms with E-state index in [2.05, 4.69) is 89.9 Å². The molecule has 0 saturated heterocycles. The Morgan fingerprint density at radius 1 is 1.03 bits per heavy atom. The van der Waals surface area contributed by atoms with E-state index in [1.807, 2.05) is 41.2 Å². The molecule has 0 fully saturated rings. The molecule has 39 heavy (non-hydrogen) atoms. The third-order valence-corrected chi connectivity index (χ3v) is 8.86. The molecule has 0 bridgehead atoms. The quantitative estimate of drug-likeness (QED) is 0.216. The summed E-state index contributed by atoms with van der Waals surface area (Å²) in [4.78, 5) is 15.3. The first kappa shape index (κ1) is 25.2. The van der Waals surface area contributed by atoms with E-state index in [1.165, 1.54) is 38.2 Å². The monoisotopic (exact) mass is 532 g/mol. The van der Waals surface area contributed by atoms with E-state index >= 15 is 0 Å². The number of aryl methyl sites for hydroxylation is 3. The molecule has 1 unspecified atom stereocenters. The second-order valence-corrected chi connectivity index (χ2v) is 11.2. The van der Waals surface area contributed by atoms with Gasteiger partial charge in [0.1, 0.15) is 0 Å². The molecule has 6 nitrogen and oxygen atoms in total. The van der Waals surface area contributed by atoms with E-state index < -0.39 is 0 Å². The van der Waals surface area contributed by atoms with Crippen LogP contribution in [0.25, 0.3) is 16.6 Å². The van der Waals surface area contributed by atoms with Crippen LogP contribution in [-0.2, 0) is 25.3 Å². The number of imidazole rings is 1. The summed E-state index contributed by atoms with van der Waals surface area (Å²) in [5.74, 6) is 0. The van der Waals surface area contributed by atoms with Gasteiger partial charge in [-0.1, -0.05) is 31.5 Å². The molecular formula is C32H32N6S. The van der Waals surface area contributed by atoms with Crippen molar-refractivity contribution < 1.29 is 0 Å². The van der Waals surface area contributed by atoms with Crippen LogP contribution in [0.2, 0.25) is 0 Å². The maximum Gasteiger partial charge on any atom is 0.0945 e. The SMILES string of the molecule is CCCc1nc2ccc(C(C)(c3cncs3)c3cncn3C)cc2c(C)c1Cc1ccc(-n2cccn2)cc1. The number of nitrogens with zero attached hydrogens (tertiary/aromatic N) is 6. The zero-order valence-electron chi connectivity index (χ0n) is 22.8. The standard InChI is InChI=1S/C32H32N6S/c1-5-7-28-26(16-23-8-11-25(12-9-23)38-15-6-14-35-38)22(2)27-17-24(10-13-29(27)36-28)32(3,31-19-34-21-39-31)30-18-33-20-37(30)4/h6,8-15,17-21H,5,7,16H2,1-4H3. The maximum atomic E-state index is 5.20. The molecule has 196 valence electrons. The van der Waals surface area contributed by atoms with Crippen LogP contribution in [0.3, 0.4) is 0 Å². The summed E-state index contributed by atoms with van der Waals surface area (Å²) in [6.45, 7) is 6.75. The van der Waals surface area contributed by atoms with Crippen LogP contribution in [0, 0.1) is 6.92 Å². The molecule has 0 spiro atoms. The van der Waals surface area contributed by atoms with Gasteiger partial charge in [-0.2, -0.15) is 5.10 Å². The normalized spacial score (nSPS) is 13.1. The summed E-state index contributed by atoms with van der Waals surface area (Å²) in [7, 11) is 2.06. The van der Waals surface area contributed by atoms with Crippen LogP contribution in [0.4, 0.5) is 0 Å². The smallest absolute Gasteiger partial charge is 0.0945 e. The van der Waals surface area contributed by atoms with Gasteiger partial charge in [-0.25, -0.2) is 9.67 Å². The van der Waals surface area contributed by atoms with Crippen molar-refractivity contribution >= 4 is 22.2 Å². The van der Waals surface area contributed by atoms with E-state index in [0.717, 1.165) is 36.2 Å². The second kappa shape index (κ2) is 10.2. The van der Waals surface area contributed by atoms with E-state index in [1.54, 1.807) is 17.5 Å². The lowest BCUT2D eigenvalue weighted by molar-refractivity contribution is 0.636. The molecular weight excluding hydrogens is 500 g/mol. The molecule has 0 N–H and O–H groups in total. The van der Waals surface area contributed by atoms with Gasteiger partial charge in [-0.05, 0) is 79.3 Å². The minimum absolute atomic E-state index is 0.377. The fourth-order valence-electron chi connectivity index (χ4n) is 5.63. The van der Waals surface area contributed by atoms with Crippen molar-refractivity contribution in [2.24, 2.45) is 7.05 Å². The van der Waals surface area contributed by atoms with E-state index in [-0.39, 0.29) is 5.41 Å². The number of pyridine rings is 1. The number of hydrogen-bond donors (Lipinski definition) is 0. The fraction of sp³-hybridized carbons (Fsp3) is 0.250. The third-order valence-electron chi connectivity index (χ3n) is 7.86. The van der Waals surface area contributed by atoms with Crippen molar-refractivity contribution in [1.29, 1.82) is 0 Å². The first-order valence-corrected chi connectivity index (χ1v) is 14.2. The van der Waals surface area contributed by atoms with Crippen LogP contribution < -0.4 is 0 Å². The highest BCUT2D eigenvalue weighted by molar-refractivity contribution is 7.09. The van der Waals surface area contributed by atoms with E-state index in [9.17, 15) is 0 Å². The van der Waals surface area contributed by atoms with Crippen LogP contribution in [-0.4, -0.2) is 29.3 Å². The van der Waals surface area contributed by atoms with Gasteiger partial charge in [-0.15, -0.1) is 11.3 Å². The fourth-order valence-corrected chi connectivity index (χ4v) is 6.44. The lowest BCUT2D eigenvalue weighted by Crippen LogP contribution is -2.27. The van der Waals surface area contributed by atoms with Crippen LogP contribution in [0.5, 0.6) is 0 Å². The van der Waals surface area contributed by atoms with Gasteiger partial charge in [-0.3, -0.25) is 9.97 Å². The molecule has 0 aliphatic carbocycles. The molecule has 2 aromatic carbocycles. The number of fused-ring (bicyclic) bond motifs is 1. The van der Waals surface area contributed by atoms with Crippen molar-refractivity contribution in [2.45, 2.75) is 45.4 Å². The topological polar surface area (TPSA) is 61.4 Å². The lowest BCUT2D eigenvalue weighted by atomic mass is 9.77. The number of thiazole rings is 1. The number of rotatable bonds is 8. The van der Waals surface area contributed by atoms with Gasteiger partial charge in [0.15, 0.2) is 0 Å². The average molecular weight is 533 g/mol. The average Bonchev–Trinajstić information content (AvgIpc) is 3.75. The largest absolute Gasteiger partial charge is 0.337 e. The van der Waals surface area contributed by atoms with Gasteiger partial charge in [0.2, 0.25) is 0 Å². The first-order chi connectivity index (χ1) is 19.0. The lowest BCUT2D eigenvalue weighted by Gasteiger charge is -2.30. The van der Waals surface area contributed by atoms with Crippen molar-refractivity contribution in [3.63, 3.8) is 0 Å². The summed E-state index contributed by atoms with van der Waals surface area (Å²) in [6.07, 6.45) is 12.5. The Labute approximate surface area is 233 Å². The molecule has 0 aliphatic heterocycles.